The lowest BCUT2D eigenvalue weighted by molar-refractivity contribution is -0.139. The van der Waals surface area contributed by atoms with Gasteiger partial charge in [0.25, 0.3) is 0 Å². The van der Waals surface area contributed by atoms with Gasteiger partial charge in [0.05, 0.1) is 6.61 Å². The van der Waals surface area contributed by atoms with Crippen LogP contribution in [0.3, 0.4) is 0 Å². The monoisotopic (exact) mass is 356 g/mol. The summed E-state index contributed by atoms with van der Waals surface area (Å²) >= 11 is 0. The molecule has 0 radical (unpaired) electrons. The molecule has 0 spiro atoms. The first-order chi connectivity index (χ1) is 10.1. The van der Waals surface area contributed by atoms with E-state index < -0.39 is 22.4 Å². The van der Waals surface area contributed by atoms with Gasteiger partial charge in [0.15, 0.2) is 0 Å². The van der Waals surface area contributed by atoms with E-state index in [2.05, 4.69) is 13.2 Å². The van der Waals surface area contributed by atoms with E-state index in [9.17, 15) is 9.36 Å². The summed E-state index contributed by atoms with van der Waals surface area (Å²) in [6.07, 6.45) is 0.778. The molecule has 130 valence electrons. The molecule has 0 rings (SSSR count). The van der Waals surface area contributed by atoms with Crippen molar-refractivity contribution in [1.29, 1.82) is 0 Å². The molecule has 0 saturated heterocycles. The molecule has 0 atom stereocenters. The maximum atomic E-state index is 11.5. The molecular formula is C12H25O8PSi. The highest BCUT2D eigenvalue weighted by atomic mass is 31.2. The Kier molecular flexibility index (Phi) is 12.5. The van der Waals surface area contributed by atoms with E-state index in [-0.39, 0.29) is 6.04 Å². The maximum absolute atomic E-state index is 11.5. The Balaban J connectivity index is 0. The first-order valence-corrected chi connectivity index (χ1v) is 9.91. The Hall–Kier alpha value is -0.803. The third-order valence-electron chi connectivity index (χ3n) is 2.33. The molecule has 2 N–H and O–H groups in total. The van der Waals surface area contributed by atoms with Gasteiger partial charge in [-0.25, -0.2) is 4.79 Å². The van der Waals surface area contributed by atoms with Crippen LogP contribution in [0.15, 0.2) is 24.5 Å². The zero-order valence-electron chi connectivity index (χ0n) is 13.4. The van der Waals surface area contributed by atoms with Crippen molar-refractivity contribution in [2.45, 2.75) is 19.4 Å². The van der Waals surface area contributed by atoms with E-state index in [1.807, 2.05) is 6.92 Å². The van der Waals surface area contributed by atoms with E-state index in [1.165, 1.54) is 21.3 Å². The zero-order valence-corrected chi connectivity index (χ0v) is 15.3. The van der Waals surface area contributed by atoms with Crippen molar-refractivity contribution in [3.8, 4) is 0 Å². The average Bonchev–Trinajstić information content (AvgIpc) is 2.50. The summed E-state index contributed by atoms with van der Waals surface area (Å²) in [5.74, 6) is 0.178. The lowest BCUT2D eigenvalue weighted by atomic mass is 10.3. The number of esters is 1. The highest BCUT2D eigenvalue weighted by molar-refractivity contribution is 7.55. The van der Waals surface area contributed by atoms with Crippen molar-refractivity contribution in [2.24, 2.45) is 0 Å². The lowest BCUT2D eigenvalue weighted by Crippen LogP contribution is -2.43. The smallest absolute Gasteiger partial charge is 0.462 e. The van der Waals surface area contributed by atoms with Crippen LogP contribution in [0.4, 0.5) is 0 Å². The Labute approximate surface area is 132 Å². The van der Waals surface area contributed by atoms with Gasteiger partial charge in [-0.1, -0.05) is 20.1 Å². The van der Waals surface area contributed by atoms with Crippen molar-refractivity contribution < 1.29 is 37.2 Å². The maximum Gasteiger partial charge on any atom is 0.504 e. The Bertz CT molecular complexity index is 394. The Morgan fingerprint density at radius 2 is 1.64 bits per heavy atom. The van der Waals surface area contributed by atoms with Crippen LogP contribution in [-0.2, 0) is 27.4 Å². The zero-order chi connectivity index (χ0) is 17.8. The second-order valence-corrected chi connectivity index (χ2v) is 8.47. The van der Waals surface area contributed by atoms with Gasteiger partial charge >= 0.3 is 22.4 Å². The van der Waals surface area contributed by atoms with Crippen molar-refractivity contribution in [1.82, 2.24) is 0 Å². The van der Waals surface area contributed by atoms with Crippen LogP contribution in [0.25, 0.3) is 0 Å². The van der Waals surface area contributed by atoms with Gasteiger partial charge in [-0.3, -0.25) is 4.57 Å². The fraction of sp³-hybridized carbons (Fsp3) is 0.583. The molecule has 0 aliphatic rings. The SMILES string of the molecule is C=C(C[Si](OC)(OC)OC)C(=O)OCCC.C=CP(=O)(O)O. The molecule has 8 nitrogen and oxygen atoms in total. The molecule has 0 bridgehead atoms. The molecule has 22 heavy (non-hydrogen) atoms. The molecule has 0 aromatic rings. The largest absolute Gasteiger partial charge is 0.504 e. The Morgan fingerprint density at radius 3 is 1.91 bits per heavy atom. The third kappa shape index (κ3) is 10.9. The average molecular weight is 356 g/mol. The van der Waals surface area contributed by atoms with E-state index in [1.54, 1.807) is 0 Å². The molecule has 0 saturated carbocycles. The summed E-state index contributed by atoms with van der Waals surface area (Å²) in [7, 11) is -2.20. The van der Waals surface area contributed by atoms with E-state index >= 15 is 0 Å². The summed E-state index contributed by atoms with van der Waals surface area (Å²) in [4.78, 5) is 27.1. The lowest BCUT2D eigenvalue weighted by Gasteiger charge is -2.24. The molecule has 0 aliphatic carbocycles. The fourth-order valence-electron chi connectivity index (χ4n) is 1.10. The number of hydrogen-bond donors (Lipinski definition) is 2. The van der Waals surface area contributed by atoms with Crippen molar-refractivity contribution in [3.05, 3.63) is 24.5 Å². The first-order valence-electron chi connectivity index (χ1n) is 6.30. The minimum Gasteiger partial charge on any atom is -0.462 e. The summed E-state index contributed by atoms with van der Waals surface area (Å²) in [6.45, 7) is 8.84. The second kappa shape index (κ2) is 11.7. The van der Waals surface area contributed by atoms with Crippen LogP contribution >= 0.6 is 7.60 Å². The van der Waals surface area contributed by atoms with Crippen LogP contribution < -0.4 is 0 Å². The Morgan fingerprint density at radius 1 is 1.23 bits per heavy atom. The third-order valence-corrected chi connectivity index (χ3v) is 5.53. The molecule has 0 amide bonds. The fourth-order valence-corrected chi connectivity index (χ4v) is 2.70. The standard InChI is InChI=1S/C10H20O5Si.C2H5O3P/c1-6-7-15-10(11)9(2)8-16(12-3,13-4)14-5;1-2-6(3,4)5/h2,6-8H2,1,3-5H3;2H,1H2,(H2,3,4,5). The topological polar surface area (TPSA) is 112 Å². The number of carbonyl (C=O) groups is 1. The predicted octanol–water partition coefficient (Wildman–Crippen LogP) is 1.68. The molecule has 0 aliphatic heterocycles. The van der Waals surface area contributed by atoms with Gasteiger partial charge in [0.1, 0.15) is 0 Å². The molecule has 0 unspecified atom stereocenters. The van der Waals surface area contributed by atoms with Gasteiger partial charge in [0, 0.05) is 38.8 Å². The summed E-state index contributed by atoms with van der Waals surface area (Å²) < 4.78 is 30.1. The van der Waals surface area contributed by atoms with Gasteiger partial charge in [0.2, 0.25) is 0 Å². The van der Waals surface area contributed by atoms with Gasteiger partial charge in [-0.15, -0.1) is 0 Å². The van der Waals surface area contributed by atoms with E-state index in [0.717, 1.165) is 6.42 Å². The van der Waals surface area contributed by atoms with Gasteiger partial charge < -0.3 is 27.8 Å². The van der Waals surface area contributed by atoms with Crippen LogP contribution in [0.1, 0.15) is 13.3 Å². The molecule has 0 heterocycles. The summed E-state index contributed by atoms with van der Waals surface area (Å²) in [5, 5.41) is 0. The number of hydrogen-bond acceptors (Lipinski definition) is 6. The molecule has 0 fully saturated rings. The normalized spacial score (nSPS) is 11.2. The van der Waals surface area contributed by atoms with E-state index in [0.29, 0.717) is 18.0 Å². The van der Waals surface area contributed by atoms with E-state index in [4.69, 9.17) is 27.8 Å². The highest BCUT2D eigenvalue weighted by Gasteiger charge is 2.40. The molecule has 0 aromatic carbocycles. The second-order valence-electron chi connectivity index (χ2n) is 3.98. The van der Waals surface area contributed by atoms with Crippen molar-refractivity contribution in [2.75, 3.05) is 27.9 Å². The number of carbonyl (C=O) groups excluding carboxylic acids is 1. The first kappa shape index (κ1) is 23.5. The number of ether oxygens (including phenoxy) is 1. The quantitative estimate of drug-likeness (QED) is 0.278. The summed E-state index contributed by atoms with van der Waals surface area (Å²) in [6, 6.07) is 0.235. The predicted molar refractivity (Wildman–Crippen MR) is 84.2 cm³/mol. The van der Waals surface area contributed by atoms with Crippen LogP contribution in [0.2, 0.25) is 6.04 Å². The molecule has 10 heteroatoms. The minimum atomic E-state index is -3.88. The van der Waals surface area contributed by atoms with Crippen molar-refractivity contribution in [3.63, 3.8) is 0 Å². The number of rotatable bonds is 9. The highest BCUT2D eigenvalue weighted by Crippen LogP contribution is 2.34. The molecule has 0 aromatic heterocycles. The van der Waals surface area contributed by atoms with Crippen LogP contribution in [0.5, 0.6) is 0 Å². The van der Waals surface area contributed by atoms with Gasteiger partial charge in [-0.2, -0.15) is 0 Å². The summed E-state index contributed by atoms with van der Waals surface area (Å²) in [5.41, 5.74) is 0.311. The van der Waals surface area contributed by atoms with Crippen molar-refractivity contribution >= 4 is 22.4 Å². The molecular weight excluding hydrogens is 331 g/mol. The van der Waals surface area contributed by atoms with Gasteiger partial charge in [-0.05, 0) is 6.42 Å². The van der Waals surface area contributed by atoms with Crippen LogP contribution in [0, 0.1) is 0 Å². The van der Waals surface area contributed by atoms with Crippen LogP contribution in [-0.4, -0.2) is 52.5 Å². The minimum absolute atomic E-state index is 0.235.